The van der Waals surface area contributed by atoms with Crippen LogP contribution in [0.5, 0.6) is 0 Å². The van der Waals surface area contributed by atoms with E-state index in [1.165, 1.54) is 6.26 Å². The minimum absolute atomic E-state index is 0.0790. The molecular formula is C16H24N2O4. The van der Waals surface area contributed by atoms with Gasteiger partial charge in [-0.05, 0) is 38.3 Å². The first-order valence-corrected chi connectivity index (χ1v) is 7.86. The Morgan fingerprint density at radius 2 is 2.36 bits per heavy atom. The van der Waals surface area contributed by atoms with E-state index in [9.17, 15) is 9.59 Å². The van der Waals surface area contributed by atoms with Crippen molar-refractivity contribution in [3.8, 4) is 0 Å². The number of carbonyl (C=O) groups excluding carboxylic acids is 2. The zero-order chi connectivity index (χ0) is 15.9. The maximum atomic E-state index is 12.4. The Hall–Kier alpha value is -1.82. The van der Waals surface area contributed by atoms with Gasteiger partial charge in [-0.25, -0.2) is 0 Å². The number of carbonyl (C=O) groups is 2. The number of amides is 2. The quantitative estimate of drug-likeness (QED) is 0.870. The minimum atomic E-state index is -0.581. The molecule has 2 unspecified atom stereocenters. The third-order valence-corrected chi connectivity index (χ3v) is 3.71. The maximum absolute atomic E-state index is 12.4. The van der Waals surface area contributed by atoms with Gasteiger partial charge >= 0.3 is 0 Å². The molecule has 122 valence electrons. The van der Waals surface area contributed by atoms with Crippen LogP contribution >= 0.6 is 0 Å². The van der Waals surface area contributed by atoms with E-state index in [4.69, 9.17) is 9.15 Å². The van der Waals surface area contributed by atoms with Crippen LogP contribution < -0.4 is 5.32 Å². The summed E-state index contributed by atoms with van der Waals surface area (Å²) in [7, 11) is 0. The summed E-state index contributed by atoms with van der Waals surface area (Å²) in [5, 5.41) is 2.67. The predicted octanol–water partition coefficient (Wildman–Crippen LogP) is 1.82. The monoisotopic (exact) mass is 308 g/mol. The Kier molecular flexibility index (Phi) is 6.00. The topological polar surface area (TPSA) is 71.8 Å². The van der Waals surface area contributed by atoms with Crippen LogP contribution in [0.3, 0.4) is 0 Å². The van der Waals surface area contributed by atoms with Gasteiger partial charge in [0.2, 0.25) is 5.91 Å². The van der Waals surface area contributed by atoms with E-state index in [0.717, 1.165) is 25.9 Å². The van der Waals surface area contributed by atoms with Crippen molar-refractivity contribution >= 4 is 11.8 Å². The first kappa shape index (κ1) is 16.5. The summed E-state index contributed by atoms with van der Waals surface area (Å²) < 4.78 is 10.8. The van der Waals surface area contributed by atoms with Gasteiger partial charge in [0.05, 0.1) is 12.4 Å². The molecule has 0 aliphatic carbocycles. The van der Waals surface area contributed by atoms with Crippen molar-refractivity contribution in [1.29, 1.82) is 0 Å². The molecular weight excluding hydrogens is 284 g/mol. The Morgan fingerprint density at radius 1 is 1.55 bits per heavy atom. The number of nitrogens with one attached hydrogen (secondary N) is 1. The Morgan fingerprint density at radius 3 is 3.05 bits per heavy atom. The molecule has 1 fully saturated rings. The SMILES string of the molecule is CCCOC1CCCN(C(=O)C(C)NC(=O)c2ccco2)C1. The van der Waals surface area contributed by atoms with E-state index in [0.29, 0.717) is 13.1 Å². The molecule has 1 N–H and O–H groups in total. The van der Waals surface area contributed by atoms with Crippen LogP contribution in [0.15, 0.2) is 22.8 Å². The van der Waals surface area contributed by atoms with Gasteiger partial charge in [0, 0.05) is 19.7 Å². The van der Waals surface area contributed by atoms with E-state index in [2.05, 4.69) is 12.2 Å². The van der Waals surface area contributed by atoms with Crippen molar-refractivity contribution < 1.29 is 18.7 Å². The highest BCUT2D eigenvalue weighted by atomic mass is 16.5. The van der Waals surface area contributed by atoms with Gasteiger partial charge in [0.1, 0.15) is 6.04 Å². The van der Waals surface area contributed by atoms with Crippen LogP contribution in [0.4, 0.5) is 0 Å². The lowest BCUT2D eigenvalue weighted by atomic mass is 10.1. The molecule has 1 saturated heterocycles. The molecule has 0 radical (unpaired) electrons. The highest BCUT2D eigenvalue weighted by Crippen LogP contribution is 2.14. The number of likely N-dealkylation sites (tertiary alicyclic amines) is 1. The number of rotatable bonds is 6. The van der Waals surface area contributed by atoms with Gasteiger partial charge in [-0.3, -0.25) is 9.59 Å². The fraction of sp³-hybridized carbons (Fsp3) is 0.625. The second-order valence-electron chi connectivity index (χ2n) is 5.59. The fourth-order valence-electron chi connectivity index (χ4n) is 2.57. The minimum Gasteiger partial charge on any atom is -0.459 e. The summed E-state index contributed by atoms with van der Waals surface area (Å²) in [5.41, 5.74) is 0. The highest BCUT2D eigenvalue weighted by Gasteiger charge is 2.28. The Labute approximate surface area is 130 Å². The van der Waals surface area contributed by atoms with Crippen molar-refractivity contribution in [3.63, 3.8) is 0 Å². The molecule has 2 amide bonds. The second-order valence-corrected chi connectivity index (χ2v) is 5.59. The zero-order valence-electron chi connectivity index (χ0n) is 13.2. The van der Waals surface area contributed by atoms with E-state index in [-0.39, 0.29) is 23.7 Å². The van der Waals surface area contributed by atoms with Gasteiger partial charge in [-0.1, -0.05) is 6.92 Å². The molecule has 2 heterocycles. The normalized spacial score (nSPS) is 19.7. The molecule has 1 aromatic rings. The predicted molar refractivity (Wildman–Crippen MR) is 81.5 cm³/mol. The third kappa shape index (κ3) is 4.34. The van der Waals surface area contributed by atoms with E-state index in [1.54, 1.807) is 24.0 Å². The first-order chi connectivity index (χ1) is 10.6. The largest absolute Gasteiger partial charge is 0.459 e. The molecule has 6 heteroatoms. The number of hydrogen-bond donors (Lipinski definition) is 1. The van der Waals surface area contributed by atoms with Crippen molar-refractivity contribution in [2.75, 3.05) is 19.7 Å². The molecule has 1 aliphatic rings. The molecule has 1 aromatic heterocycles. The summed E-state index contributed by atoms with van der Waals surface area (Å²) in [6, 6.07) is 2.63. The average Bonchev–Trinajstić information content (AvgIpc) is 3.07. The Bertz CT molecular complexity index is 486. The number of nitrogens with zero attached hydrogens (tertiary/aromatic N) is 1. The van der Waals surface area contributed by atoms with Crippen molar-refractivity contribution in [3.05, 3.63) is 24.2 Å². The molecule has 22 heavy (non-hydrogen) atoms. The maximum Gasteiger partial charge on any atom is 0.287 e. The van der Waals surface area contributed by atoms with Crippen LogP contribution in [0, 0.1) is 0 Å². The third-order valence-electron chi connectivity index (χ3n) is 3.71. The number of furan rings is 1. The molecule has 1 aliphatic heterocycles. The number of piperidine rings is 1. The van der Waals surface area contributed by atoms with Gasteiger partial charge in [-0.15, -0.1) is 0 Å². The molecule has 2 rings (SSSR count). The summed E-state index contributed by atoms with van der Waals surface area (Å²) in [6.45, 7) is 5.79. The molecule has 6 nitrogen and oxygen atoms in total. The van der Waals surface area contributed by atoms with Crippen LogP contribution in [0.1, 0.15) is 43.7 Å². The summed E-state index contributed by atoms with van der Waals surface area (Å²) in [6.07, 6.45) is 4.42. The number of ether oxygens (including phenoxy) is 1. The van der Waals surface area contributed by atoms with E-state index in [1.807, 2.05) is 0 Å². The molecule has 0 spiro atoms. The van der Waals surface area contributed by atoms with Crippen molar-refractivity contribution in [2.24, 2.45) is 0 Å². The average molecular weight is 308 g/mol. The lowest BCUT2D eigenvalue weighted by Crippen LogP contribution is -2.51. The fourth-order valence-corrected chi connectivity index (χ4v) is 2.57. The zero-order valence-corrected chi connectivity index (χ0v) is 13.2. The van der Waals surface area contributed by atoms with Crippen LogP contribution in [0.2, 0.25) is 0 Å². The van der Waals surface area contributed by atoms with Crippen molar-refractivity contribution in [2.45, 2.75) is 45.3 Å². The smallest absolute Gasteiger partial charge is 0.287 e. The summed E-state index contributed by atoms with van der Waals surface area (Å²) in [4.78, 5) is 26.1. The molecule has 0 saturated carbocycles. The van der Waals surface area contributed by atoms with Gasteiger partial charge in [0.15, 0.2) is 5.76 Å². The standard InChI is InChI=1S/C16H24N2O4/c1-3-9-21-13-6-4-8-18(11-13)16(20)12(2)17-15(19)14-7-5-10-22-14/h5,7,10,12-13H,3-4,6,8-9,11H2,1-2H3,(H,17,19). The Balaban J connectivity index is 1.85. The van der Waals surface area contributed by atoms with Gasteiger partial charge in [-0.2, -0.15) is 0 Å². The lowest BCUT2D eigenvalue weighted by molar-refractivity contribution is -0.137. The van der Waals surface area contributed by atoms with Crippen LogP contribution in [-0.4, -0.2) is 48.6 Å². The summed E-state index contributed by atoms with van der Waals surface area (Å²) >= 11 is 0. The first-order valence-electron chi connectivity index (χ1n) is 7.86. The summed E-state index contributed by atoms with van der Waals surface area (Å²) in [5.74, 6) is -0.242. The highest BCUT2D eigenvalue weighted by molar-refractivity contribution is 5.95. The lowest BCUT2D eigenvalue weighted by Gasteiger charge is -2.34. The number of hydrogen-bond acceptors (Lipinski definition) is 4. The van der Waals surface area contributed by atoms with Crippen LogP contribution in [0.25, 0.3) is 0 Å². The van der Waals surface area contributed by atoms with Gasteiger partial charge in [0.25, 0.3) is 5.91 Å². The van der Waals surface area contributed by atoms with E-state index < -0.39 is 6.04 Å². The van der Waals surface area contributed by atoms with Gasteiger partial charge < -0.3 is 19.4 Å². The molecule has 2 atom stereocenters. The van der Waals surface area contributed by atoms with E-state index >= 15 is 0 Å². The van der Waals surface area contributed by atoms with Crippen LogP contribution in [-0.2, 0) is 9.53 Å². The molecule has 0 aromatic carbocycles. The second kappa shape index (κ2) is 7.98. The molecule has 0 bridgehead atoms. The van der Waals surface area contributed by atoms with Crippen molar-refractivity contribution in [1.82, 2.24) is 10.2 Å².